The van der Waals surface area contributed by atoms with Crippen LogP contribution >= 0.6 is 0 Å². The van der Waals surface area contributed by atoms with Crippen LogP contribution in [0.1, 0.15) is 12.0 Å². The fraction of sp³-hybridized carbons (Fsp3) is 0.385. The van der Waals surface area contributed by atoms with Gasteiger partial charge < -0.3 is 20.5 Å². The lowest BCUT2D eigenvalue weighted by Gasteiger charge is -2.19. The lowest BCUT2D eigenvalue weighted by Crippen LogP contribution is -2.31. The molecule has 0 unspecified atom stereocenters. The van der Waals surface area contributed by atoms with Gasteiger partial charge in [0.15, 0.2) is 18.1 Å². The van der Waals surface area contributed by atoms with E-state index in [2.05, 4.69) is 10.3 Å². The summed E-state index contributed by atoms with van der Waals surface area (Å²) in [4.78, 5) is 15.3. The van der Waals surface area contributed by atoms with Crippen molar-refractivity contribution in [2.45, 2.75) is 6.42 Å². The predicted octanol–water partition coefficient (Wildman–Crippen LogP) is 0.299. The van der Waals surface area contributed by atoms with Crippen molar-refractivity contribution in [2.75, 3.05) is 26.8 Å². The Morgan fingerprint density at radius 2 is 2.37 bits per heavy atom. The third kappa shape index (κ3) is 3.15. The van der Waals surface area contributed by atoms with Crippen LogP contribution in [0.4, 0.5) is 0 Å². The minimum atomic E-state index is -0.532. The monoisotopic (exact) mass is 263 g/mol. The van der Waals surface area contributed by atoms with E-state index in [0.717, 1.165) is 30.9 Å². The molecule has 0 radical (unpaired) electrons. The molecule has 6 nitrogen and oxygen atoms in total. The van der Waals surface area contributed by atoms with Crippen LogP contribution in [0.25, 0.3) is 0 Å². The average molecular weight is 263 g/mol. The summed E-state index contributed by atoms with van der Waals surface area (Å²) in [5, 5.41) is 3.21. The predicted molar refractivity (Wildman–Crippen MR) is 71.7 cm³/mol. The number of benzene rings is 1. The normalized spacial score (nSPS) is 14.3. The quantitative estimate of drug-likeness (QED) is 0.800. The highest BCUT2D eigenvalue weighted by molar-refractivity contribution is 6.02. The molecule has 0 saturated heterocycles. The SMILES string of the molecule is COc1cccc(C2=NCCCN2)c1OCC(N)=O. The summed E-state index contributed by atoms with van der Waals surface area (Å²) in [6.45, 7) is 1.45. The van der Waals surface area contributed by atoms with Gasteiger partial charge in [-0.15, -0.1) is 0 Å². The number of carbonyl (C=O) groups excluding carboxylic acids is 1. The fourth-order valence-corrected chi connectivity index (χ4v) is 1.87. The number of amidine groups is 1. The van der Waals surface area contributed by atoms with Crippen LogP contribution in [-0.4, -0.2) is 38.5 Å². The molecule has 0 atom stereocenters. The number of hydrogen-bond donors (Lipinski definition) is 2. The van der Waals surface area contributed by atoms with Crippen LogP contribution in [0.5, 0.6) is 11.5 Å². The number of nitrogens with two attached hydrogens (primary N) is 1. The molecule has 1 aliphatic rings. The van der Waals surface area contributed by atoms with Crippen molar-refractivity contribution in [2.24, 2.45) is 10.7 Å². The zero-order chi connectivity index (χ0) is 13.7. The summed E-state index contributed by atoms with van der Waals surface area (Å²) in [6.07, 6.45) is 1.00. The number of methoxy groups -OCH3 is 1. The van der Waals surface area contributed by atoms with E-state index in [-0.39, 0.29) is 6.61 Å². The lowest BCUT2D eigenvalue weighted by molar-refractivity contribution is -0.119. The maximum atomic E-state index is 10.9. The highest BCUT2D eigenvalue weighted by atomic mass is 16.5. The second-order valence-electron chi connectivity index (χ2n) is 4.10. The van der Waals surface area contributed by atoms with Crippen molar-refractivity contribution in [3.63, 3.8) is 0 Å². The number of para-hydroxylation sites is 1. The minimum absolute atomic E-state index is 0.194. The molecule has 6 heteroatoms. The molecule has 3 N–H and O–H groups in total. The number of primary amides is 1. The third-order valence-corrected chi connectivity index (χ3v) is 2.71. The summed E-state index contributed by atoms with van der Waals surface area (Å²) < 4.78 is 10.7. The van der Waals surface area contributed by atoms with Crippen molar-refractivity contribution in [1.82, 2.24) is 5.32 Å². The number of aliphatic imine (C=N–C) groups is 1. The van der Waals surface area contributed by atoms with E-state index in [1.807, 2.05) is 12.1 Å². The van der Waals surface area contributed by atoms with Gasteiger partial charge in [-0.05, 0) is 18.6 Å². The average Bonchev–Trinajstić information content (AvgIpc) is 2.45. The van der Waals surface area contributed by atoms with Gasteiger partial charge in [0, 0.05) is 13.1 Å². The zero-order valence-electron chi connectivity index (χ0n) is 10.8. The van der Waals surface area contributed by atoms with Gasteiger partial charge in [-0.2, -0.15) is 0 Å². The molecule has 0 bridgehead atoms. The van der Waals surface area contributed by atoms with Gasteiger partial charge in [-0.3, -0.25) is 9.79 Å². The Morgan fingerprint density at radius 1 is 1.53 bits per heavy atom. The molecule has 0 aromatic heterocycles. The van der Waals surface area contributed by atoms with Crippen LogP contribution in [0.3, 0.4) is 0 Å². The summed E-state index contributed by atoms with van der Waals surface area (Å²) in [6, 6.07) is 5.49. The van der Waals surface area contributed by atoms with Crippen molar-refractivity contribution in [3.05, 3.63) is 23.8 Å². The number of nitrogens with zero attached hydrogens (tertiary/aromatic N) is 1. The molecule has 1 heterocycles. The largest absolute Gasteiger partial charge is 0.493 e. The Morgan fingerprint density at radius 3 is 3.00 bits per heavy atom. The van der Waals surface area contributed by atoms with Gasteiger partial charge in [0.05, 0.1) is 12.7 Å². The summed E-state index contributed by atoms with van der Waals surface area (Å²) in [5.74, 6) is 1.26. The van der Waals surface area contributed by atoms with E-state index in [1.165, 1.54) is 0 Å². The smallest absolute Gasteiger partial charge is 0.255 e. The van der Waals surface area contributed by atoms with Crippen molar-refractivity contribution < 1.29 is 14.3 Å². The zero-order valence-corrected chi connectivity index (χ0v) is 10.8. The third-order valence-electron chi connectivity index (χ3n) is 2.71. The number of rotatable bonds is 5. The first kappa shape index (κ1) is 13.2. The molecule has 0 fully saturated rings. The van der Waals surface area contributed by atoms with Crippen LogP contribution in [-0.2, 0) is 4.79 Å². The summed E-state index contributed by atoms with van der Waals surface area (Å²) in [7, 11) is 1.55. The Hall–Kier alpha value is -2.24. The molecule has 1 amide bonds. The molecule has 19 heavy (non-hydrogen) atoms. The lowest BCUT2D eigenvalue weighted by atomic mass is 10.1. The standard InChI is InChI=1S/C13H17N3O3/c1-18-10-5-2-4-9(12(10)19-8-11(14)17)13-15-6-3-7-16-13/h2,4-5H,3,6-8H2,1H3,(H2,14,17)(H,15,16). The number of carbonyl (C=O) groups is 1. The minimum Gasteiger partial charge on any atom is -0.493 e. The van der Waals surface area contributed by atoms with Crippen molar-refractivity contribution >= 4 is 11.7 Å². The first-order chi connectivity index (χ1) is 9.22. The second kappa shape index (κ2) is 6.08. The van der Waals surface area contributed by atoms with E-state index in [4.69, 9.17) is 15.2 Å². The Balaban J connectivity index is 2.35. The molecule has 1 aliphatic heterocycles. The number of ether oxygens (including phenoxy) is 2. The maximum Gasteiger partial charge on any atom is 0.255 e. The second-order valence-corrected chi connectivity index (χ2v) is 4.10. The van der Waals surface area contributed by atoms with Gasteiger partial charge in [0.2, 0.25) is 0 Å². The van der Waals surface area contributed by atoms with E-state index < -0.39 is 5.91 Å². The highest BCUT2D eigenvalue weighted by Gasteiger charge is 2.17. The first-order valence-electron chi connectivity index (χ1n) is 6.09. The summed E-state index contributed by atoms with van der Waals surface area (Å²) >= 11 is 0. The number of nitrogens with one attached hydrogen (secondary N) is 1. The van der Waals surface area contributed by atoms with E-state index in [1.54, 1.807) is 13.2 Å². The van der Waals surface area contributed by atoms with E-state index in [9.17, 15) is 4.79 Å². The van der Waals surface area contributed by atoms with Crippen LogP contribution in [0.2, 0.25) is 0 Å². The maximum absolute atomic E-state index is 10.9. The summed E-state index contributed by atoms with van der Waals surface area (Å²) in [5.41, 5.74) is 5.89. The Kier molecular flexibility index (Phi) is 4.22. The van der Waals surface area contributed by atoms with Crippen LogP contribution in [0.15, 0.2) is 23.2 Å². The van der Waals surface area contributed by atoms with E-state index in [0.29, 0.717) is 11.5 Å². The topological polar surface area (TPSA) is 85.9 Å². The van der Waals surface area contributed by atoms with Gasteiger partial charge in [0.1, 0.15) is 5.84 Å². The van der Waals surface area contributed by atoms with Crippen molar-refractivity contribution in [1.29, 1.82) is 0 Å². The van der Waals surface area contributed by atoms with Gasteiger partial charge in [-0.1, -0.05) is 6.07 Å². The first-order valence-corrected chi connectivity index (χ1v) is 6.09. The highest BCUT2D eigenvalue weighted by Crippen LogP contribution is 2.31. The van der Waals surface area contributed by atoms with Crippen molar-refractivity contribution in [3.8, 4) is 11.5 Å². The molecule has 1 aromatic rings. The van der Waals surface area contributed by atoms with Gasteiger partial charge >= 0.3 is 0 Å². The van der Waals surface area contributed by atoms with Crippen LogP contribution < -0.4 is 20.5 Å². The molecular formula is C13H17N3O3. The van der Waals surface area contributed by atoms with Gasteiger partial charge in [-0.25, -0.2) is 0 Å². The Bertz CT molecular complexity index is 500. The number of hydrogen-bond acceptors (Lipinski definition) is 5. The molecule has 102 valence electrons. The molecule has 1 aromatic carbocycles. The molecule has 0 aliphatic carbocycles. The van der Waals surface area contributed by atoms with E-state index >= 15 is 0 Å². The molecule has 2 rings (SSSR count). The number of amides is 1. The Labute approximate surface area is 111 Å². The molecule has 0 saturated carbocycles. The molecule has 0 spiro atoms. The van der Waals surface area contributed by atoms with Crippen LogP contribution in [0, 0.1) is 0 Å². The fourth-order valence-electron chi connectivity index (χ4n) is 1.87. The van der Waals surface area contributed by atoms with Gasteiger partial charge in [0.25, 0.3) is 5.91 Å². The molecular weight excluding hydrogens is 246 g/mol.